The molecule has 6 nitrogen and oxygen atoms in total. The molecule has 6 heteroatoms. The third kappa shape index (κ3) is 4.47. The smallest absolute Gasteiger partial charge is 0.410 e. The molecular formula is C25H25N3O3. The highest BCUT2D eigenvalue weighted by molar-refractivity contribution is 5.79. The molecule has 0 fully saturated rings. The molecule has 31 heavy (non-hydrogen) atoms. The zero-order chi connectivity index (χ0) is 21.6. The van der Waals surface area contributed by atoms with Crippen LogP contribution in [0, 0.1) is 12.3 Å². The molecule has 1 amide bonds. The Bertz CT molecular complexity index is 1050. The molecule has 1 aromatic heterocycles. The van der Waals surface area contributed by atoms with E-state index in [0.717, 1.165) is 5.69 Å². The Balaban J connectivity index is 1.47. The molecule has 0 spiro atoms. The van der Waals surface area contributed by atoms with Crippen molar-refractivity contribution in [3.05, 3.63) is 77.6 Å². The maximum absolute atomic E-state index is 12.9. The molecule has 1 aliphatic rings. The van der Waals surface area contributed by atoms with Gasteiger partial charge in [-0.25, -0.2) is 4.79 Å². The Morgan fingerprint density at radius 2 is 1.81 bits per heavy atom. The number of terminal acetylenes is 1. The molecule has 158 valence electrons. The number of rotatable bonds is 8. The van der Waals surface area contributed by atoms with Crippen LogP contribution >= 0.6 is 0 Å². The van der Waals surface area contributed by atoms with Gasteiger partial charge in [0.15, 0.2) is 0 Å². The minimum Gasteiger partial charge on any atom is -0.448 e. The van der Waals surface area contributed by atoms with Gasteiger partial charge in [-0.3, -0.25) is 9.58 Å². The van der Waals surface area contributed by atoms with Crippen molar-refractivity contribution in [3.8, 4) is 23.5 Å². The van der Waals surface area contributed by atoms with Crippen LogP contribution in [0.25, 0.3) is 11.1 Å². The predicted molar refractivity (Wildman–Crippen MR) is 118 cm³/mol. The molecule has 3 aromatic rings. The van der Waals surface area contributed by atoms with Gasteiger partial charge in [-0.1, -0.05) is 54.5 Å². The maximum atomic E-state index is 12.9. The first-order chi connectivity index (χ1) is 15.2. The van der Waals surface area contributed by atoms with Crippen molar-refractivity contribution in [2.75, 3.05) is 26.9 Å². The SMILES string of the molecule is C#CCn1ccc(CN(CCOC)C(=O)OCC2c3ccccc3-c3ccccc32)n1. The van der Waals surface area contributed by atoms with Crippen LogP contribution in [0.4, 0.5) is 4.79 Å². The number of benzene rings is 2. The van der Waals surface area contributed by atoms with Crippen LogP contribution in [0.2, 0.25) is 0 Å². The van der Waals surface area contributed by atoms with Crippen LogP contribution < -0.4 is 0 Å². The quantitative estimate of drug-likeness (QED) is 0.524. The minimum absolute atomic E-state index is 0.0236. The molecular weight excluding hydrogens is 390 g/mol. The number of fused-ring (bicyclic) bond motifs is 3. The first-order valence-corrected chi connectivity index (χ1v) is 10.3. The Morgan fingerprint density at radius 1 is 1.13 bits per heavy atom. The Kier molecular flexibility index (Phi) is 6.34. The van der Waals surface area contributed by atoms with E-state index >= 15 is 0 Å². The van der Waals surface area contributed by atoms with Crippen LogP contribution in [-0.4, -0.2) is 47.6 Å². The lowest BCUT2D eigenvalue weighted by Gasteiger charge is -2.22. The Morgan fingerprint density at radius 3 is 2.45 bits per heavy atom. The molecule has 4 rings (SSSR count). The zero-order valence-corrected chi connectivity index (χ0v) is 17.5. The number of carbonyl (C=O) groups is 1. The van der Waals surface area contributed by atoms with Gasteiger partial charge in [0.2, 0.25) is 0 Å². The van der Waals surface area contributed by atoms with Crippen LogP contribution in [-0.2, 0) is 22.6 Å². The van der Waals surface area contributed by atoms with Gasteiger partial charge in [0.25, 0.3) is 0 Å². The molecule has 0 N–H and O–H groups in total. The molecule has 0 aliphatic heterocycles. The lowest BCUT2D eigenvalue weighted by atomic mass is 9.98. The van der Waals surface area contributed by atoms with Crippen LogP contribution in [0.15, 0.2) is 60.8 Å². The fourth-order valence-electron chi connectivity index (χ4n) is 3.99. The normalized spacial score (nSPS) is 12.1. The highest BCUT2D eigenvalue weighted by Crippen LogP contribution is 2.44. The summed E-state index contributed by atoms with van der Waals surface area (Å²) in [7, 11) is 1.61. The van der Waals surface area contributed by atoms with Crippen molar-refractivity contribution in [1.82, 2.24) is 14.7 Å². The second kappa shape index (κ2) is 9.50. The molecule has 1 aliphatic carbocycles. The molecule has 0 atom stereocenters. The van der Waals surface area contributed by atoms with Crippen molar-refractivity contribution < 1.29 is 14.3 Å². The average molecular weight is 415 g/mol. The minimum atomic E-state index is -0.384. The summed E-state index contributed by atoms with van der Waals surface area (Å²) in [6, 6.07) is 18.4. The van der Waals surface area contributed by atoms with Gasteiger partial charge in [0.05, 0.1) is 18.8 Å². The largest absolute Gasteiger partial charge is 0.448 e. The van der Waals surface area contributed by atoms with E-state index in [1.54, 1.807) is 22.9 Å². The molecule has 0 radical (unpaired) electrons. The van der Waals surface area contributed by atoms with Crippen LogP contribution in [0.1, 0.15) is 22.7 Å². The highest BCUT2D eigenvalue weighted by atomic mass is 16.6. The number of nitrogens with zero attached hydrogens (tertiary/aromatic N) is 3. The highest BCUT2D eigenvalue weighted by Gasteiger charge is 2.29. The summed E-state index contributed by atoms with van der Waals surface area (Å²) in [4.78, 5) is 14.6. The third-order valence-electron chi connectivity index (χ3n) is 5.46. The van der Waals surface area contributed by atoms with Crippen molar-refractivity contribution in [2.24, 2.45) is 0 Å². The lowest BCUT2D eigenvalue weighted by Crippen LogP contribution is -2.35. The summed E-state index contributed by atoms with van der Waals surface area (Å²) in [5.41, 5.74) is 5.53. The van der Waals surface area contributed by atoms with Gasteiger partial charge in [-0.15, -0.1) is 6.42 Å². The van der Waals surface area contributed by atoms with Gasteiger partial charge >= 0.3 is 6.09 Å². The molecule has 2 aromatic carbocycles. The summed E-state index contributed by atoms with van der Waals surface area (Å²) >= 11 is 0. The zero-order valence-electron chi connectivity index (χ0n) is 17.5. The maximum Gasteiger partial charge on any atom is 0.410 e. The number of amides is 1. The van der Waals surface area contributed by atoms with Crippen LogP contribution in [0.3, 0.4) is 0 Å². The van der Waals surface area contributed by atoms with Gasteiger partial charge in [0, 0.05) is 25.8 Å². The number of aromatic nitrogens is 2. The van der Waals surface area contributed by atoms with Gasteiger partial charge in [-0.05, 0) is 28.3 Å². The summed E-state index contributed by atoms with van der Waals surface area (Å²) in [5, 5.41) is 4.41. The number of hydrogen-bond donors (Lipinski definition) is 0. The summed E-state index contributed by atoms with van der Waals surface area (Å²) in [6.45, 7) is 1.83. The van der Waals surface area contributed by atoms with Gasteiger partial charge in [0.1, 0.15) is 13.2 Å². The fourth-order valence-corrected chi connectivity index (χ4v) is 3.99. The van der Waals surface area contributed by atoms with Crippen LogP contribution in [0.5, 0.6) is 0 Å². The monoisotopic (exact) mass is 415 g/mol. The second-order valence-corrected chi connectivity index (χ2v) is 7.43. The molecule has 0 bridgehead atoms. The standard InChI is InChI=1S/C25H25N3O3/c1-3-13-28-14-12-19(26-28)17-27(15-16-30-2)25(29)31-18-24-22-10-6-4-8-20(22)21-9-5-7-11-23(21)24/h1,4-12,14,24H,13,15-18H2,2H3. The third-order valence-corrected chi connectivity index (χ3v) is 5.46. The van der Waals surface area contributed by atoms with E-state index in [1.807, 2.05) is 30.3 Å². The van der Waals surface area contributed by atoms with Gasteiger partial charge in [-0.2, -0.15) is 5.10 Å². The topological polar surface area (TPSA) is 56.6 Å². The number of hydrogen-bond acceptors (Lipinski definition) is 4. The van der Waals surface area contributed by atoms with E-state index in [-0.39, 0.29) is 18.6 Å². The van der Waals surface area contributed by atoms with E-state index < -0.39 is 0 Å². The number of methoxy groups -OCH3 is 1. The lowest BCUT2D eigenvalue weighted by molar-refractivity contribution is 0.0821. The number of carbonyl (C=O) groups excluding carboxylic acids is 1. The van der Waals surface area contributed by atoms with E-state index in [2.05, 4.69) is 35.3 Å². The molecule has 0 saturated heterocycles. The average Bonchev–Trinajstić information content (AvgIpc) is 3.37. The molecule has 0 saturated carbocycles. The second-order valence-electron chi connectivity index (χ2n) is 7.43. The summed E-state index contributed by atoms with van der Waals surface area (Å²) in [5.74, 6) is 2.57. The van der Waals surface area contributed by atoms with E-state index in [0.29, 0.717) is 26.2 Å². The van der Waals surface area contributed by atoms with Crippen molar-refractivity contribution in [1.29, 1.82) is 0 Å². The summed E-state index contributed by atoms with van der Waals surface area (Å²) in [6.07, 6.45) is 6.76. The first-order valence-electron chi connectivity index (χ1n) is 10.3. The fraction of sp³-hybridized carbons (Fsp3) is 0.280. The number of ether oxygens (including phenoxy) is 2. The van der Waals surface area contributed by atoms with E-state index in [9.17, 15) is 4.79 Å². The first kappa shape index (κ1) is 20.7. The molecule has 0 unspecified atom stereocenters. The predicted octanol–water partition coefficient (Wildman–Crippen LogP) is 3.91. The Hall–Kier alpha value is -3.56. The summed E-state index contributed by atoms with van der Waals surface area (Å²) < 4.78 is 12.6. The van der Waals surface area contributed by atoms with Crippen molar-refractivity contribution >= 4 is 6.09 Å². The Labute approximate surface area is 182 Å². The van der Waals surface area contributed by atoms with Crippen molar-refractivity contribution in [2.45, 2.75) is 19.0 Å². The van der Waals surface area contributed by atoms with E-state index in [1.165, 1.54) is 22.3 Å². The van der Waals surface area contributed by atoms with E-state index in [4.69, 9.17) is 15.9 Å². The molecule has 1 heterocycles. The van der Waals surface area contributed by atoms with Gasteiger partial charge < -0.3 is 9.47 Å². The van der Waals surface area contributed by atoms with Crippen molar-refractivity contribution in [3.63, 3.8) is 0 Å².